The van der Waals surface area contributed by atoms with Gasteiger partial charge < -0.3 is 14.6 Å². The number of fused-ring (bicyclic) bond motifs is 1. The van der Waals surface area contributed by atoms with Crippen molar-refractivity contribution in [3.8, 4) is 21.9 Å². The standard InChI is InChI=1S/C18H14O5S/c1-22-12-6-3-10(4-7-12)11-5-8-14-13(9-11)16(19)15(17(20)23-2)18(21)24-14/h3-9,21H,1-2H3. The van der Waals surface area contributed by atoms with Gasteiger partial charge in [0.15, 0.2) is 10.6 Å². The summed E-state index contributed by atoms with van der Waals surface area (Å²) in [7, 11) is 2.76. The summed E-state index contributed by atoms with van der Waals surface area (Å²) in [6, 6.07) is 12.7. The minimum Gasteiger partial charge on any atom is -0.499 e. The number of hydrogen-bond donors (Lipinski definition) is 1. The highest BCUT2D eigenvalue weighted by molar-refractivity contribution is 7.20. The third-order valence-electron chi connectivity index (χ3n) is 3.68. The molecule has 122 valence electrons. The number of rotatable bonds is 3. The van der Waals surface area contributed by atoms with Gasteiger partial charge in [-0.15, -0.1) is 0 Å². The quantitative estimate of drug-likeness (QED) is 0.738. The van der Waals surface area contributed by atoms with Gasteiger partial charge in [-0.3, -0.25) is 4.79 Å². The van der Waals surface area contributed by atoms with E-state index < -0.39 is 11.4 Å². The van der Waals surface area contributed by atoms with Crippen molar-refractivity contribution in [3.63, 3.8) is 0 Å². The topological polar surface area (TPSA) is 72.8 Å². The molecular weight excluding hydrogens is 328 g/mol. The van der Waals surface area contributed by atoms with Crippen molar-refractivity contribution in [1.29, 1.82) is 0 Å². The Bertz CT molecular complexity index is 973. The summed E-state index contributed by atoms with van der Waals surface area (Å²) in [6.07, 6.45) is 0. The van der Waals surface area contributed by atoms with Crippen LogP contribution in [-0.2, 0) is 4.74 Å². The third-order valence-corrected chi connectivity index (χ3v) is 4.66. The van der Waals surface area contributed by atoms with Gasteiger partial charge in [0.1, 0.15) is 5.75 Å². The molecule has 1 N–H and O–H groups in total. The van der Waals surface area contributed by atoms with Crippen molar-refractivity contribution in [2.45, 2.75) is 0 Å². The third kappa shape index (κ3) is 2.72. The Morgan fingerprint density at radius 1 is 1.04 bits per heavy atom. The lowest BCUT2D eigenvalue weighted by atomic mass is 10.0. The van der Waals surface area contributed by atoms with Gasteiger partial charge in [-0.05, 0) is 35.4 Å². The monoisotopic (exact) mass is 342 g/mol. The Labute approximate surface area is 141 Å². The predicted octanol–water partition coefficient (Wildman–Crippen LogP) is 3.43. The van der Waals surface area contributed by atoms with Crippen molar-refractivity contribution in [2.24, 2.45) is 0 Å². The van der Waals surface area contributed by atoms with Gasteiger partial charge in [-0.2, -0.15) is 0 Å². The van der Waals surface area contributed by atoms with E-state index >= 15 is 0 Å². The van der Waals surface area contributed by atoms with Gasteiger partial charge in [-0.25, -0.2) is 4.79 Å². The van der Waals surface area contributed by atoms with E-state index in [1.807, 2.05) is 30.3 Å². The molecule has 1 aromatic heterocycles. The van der Waals surface area contributed by atoms with Gasteiger partial charge in [0.25, 0.3) is 0 Å². The van der Waals surface area contributed by atoms with Crippen molar-refractivity contribution in [1.82, 2.24) is 0 Å². The van der Waals surface area contributed by atoms with E-state index in [2.05, 4.69) is 4.74 Å². The van der Waals surface area contributed by atoms with Crippen LogP contribution in [0.3, 0.4) is 0 Å². The Kier molecular flexibility index (Phi) is 4.22. The zero-order chi connectivity index (χ0) is 17.3. The van der Waals surface area contributed by atoms with Gasteiger partial charge in [0.2, 0.25) is 5.43 Å². The number of carbonyl (C=O) groups is 1. The molecule has 0 atom stereocenters. The van der Waals surface area contributed by atoms with Crippen LogP contribution in [0.15, 0.2) is 47.3 Å². The van der Waals surface area contributed by atoms with Gasteiger partial charge in [0, 0.05) is 10.1 Å². The Morgan fingerprint density at radius 2 is 1.71 bits per heavy atom. The lowest BCUT2D eigenvalue weighted by molar-refractivity contribution is 0.0597. The van der Waals surface area contributed by atoms with Crippen LogP contribution in [0.2, 0.25) is 0 Å². The lowest BCUT2D eigenvalue weighted by Gasteiger charge is -2.07. The molecule has 0 saturated heterocycles. The van der Waals surface area contributed by atoms with E-state index in [1.54, 1.807) is 19.2 Å². The zero-order valence-electron chi connectivity index (χ0n) is 13.0. The number of aromatic hydroxyl groups is 1. The maximum absolute atomic E-state index is 12.6. The number of methoxy groups -OCH3 is 2. The SMILES string of the molecule is COC(=O)c1c(O)sc2ccc(-c3ccc(OC)cc3)cc2c1=O. The van der Waals surface area contributed by atoms with Crippen LogP contribution in [0.25, 0.3) is 21.2 Å². The molecule has 0 bridgehead atoms. The molecule has 0 spiro atoms. The molecule has 0 radical (unpaired) electrons. The average Bonchev–Trinajstić information content (AvgIpc) is 2.61. The molecule has 0 aliphatic rings. The van der Waals surface area contributed by atoms with E-state index in [0.717, 1.165) is 28.2 Å². The number of hydrogen-bond acceptors (Lipinski definition) is 6. The molecule has 0 unspecified atom stereocenters. The van der Waals surface area contributed by atoms with Crippen LogP contribution < -0.4 is 10.2 Å². The summed E-state index contributed by atoms with van der Waals surface area (Å²) in [5, 5.41) is 9.97. The molecule has 1 heterocycles. The molecule has 2 aromatic carbocycles. The first-order valence-corrected chi connectivity index (χ1v) is 7.89. The molecule has 5 nitrogen and oxygen atoms in total. The molecule has 3 aromatic rings. The van der Waals surface area contributed by atoms with Crippen LogP contribution in [0.5, 0.6) is 10.8 Å². The van der Waals surface area contributed by atoms with E-state index in [9.17, 15) is 14.7 Å². The lowest BCUT2D eigenvalue weighted by Crippen LogP contribution is -2.15. The summed E-state index contributed by atoms with van der Waals surface area (Å²) in [5.74, 6) is -0.102. The first-order valence-electron chi connectivity index (χ1n) is 7.07. The first kappa shape index (κ1) is 16.0. The van der Waals surface area contributed by atoms with Gasteiger partial charge in [0.05, 0.1) is 14.2 Å². The summed E-state index contributed by atoms with van der Waals surface area (Å²) in [4.78, 5) is 24.3. The molecular formula is C18H14O5S. The number of benzene rings is 2. The molecule has 0 aliphatic heterocycles. The van der Waals surface area contributed by atoms with E-state index in [0.29, 0.717) is 10.1 Å². The largest absolute Gasteiger partial charge is 0.499 e. The Balaban J connectivity index is 2.19. The van der Waals surface area contributed by atoms with E-state index in [-0.39, 0.29) is 10.6 Å². The molecule has 0 saturated carbocycles. The molecule has 24 heavy (non-hydrogen) atoms. The van der Waals surface area contributed by atoms with Crippen LogP contribution in [0.1, 0.15) is 10.4 Å². The zero-order valence-corrected chi connectivity index (χ0v) is 13.8. The number of ether oxygens (including phenoxy) is 2. The summed E-state index contributed by atoms with van der Waals surface area (Å²) in [5.41, 5.74) is 0.871. The molecule has 0 fully saturated rings. The first-order chi connectivity index (χ1) is 11.5. The van der Waals surface area contributed by atoms with Crippen LogP contribution in [-0.4, -0.2) is 25.3 Å². The second kappa shape index (κ2) is 6.33. The summed E-state index contributed by atoms with van der Waals surface area (Å²) < 4.78 is 10.3. The van der Waals surface area contributed by atoms with Crippen molar-refractivity contribution in [3.05, 3.63) is 58.3 Å². The molecule has 0 aliphatic carbocycles. The minimum absolute atomic E-state index is 0.332. The van der Waals surface area contributed by atoms with E-state index in [4.69, 9.17) is 4.74 Å². The van der Waals surface area contributed by atoms with Crippen LogP contribution in [0, 0.1) is 0 Å². The fourth-order valence-electron chi connectivity index (χ4n) is 2.43. The highest BCUT2D eigenvalue weighted by Crippen LogP contribution is 2.31. The molecule has 3 rings (SSSR count). The van der Waals surface area contributed by atoms with Crippen molar-refractivity contribution >= 4 is 27.4 Å². The fraction of sp³-hybridized carbons (Fsp3) is 0.111. The molecule has 6 heteroatoms. The minimum atomic E-state index is -0.842. The summed E-state index contributed by atoms with van der Waals surface area (Å²) >= 11 is 0.971. The highest BCUT2D eigenvalue weighted by atomic mass is 32.1. The predicted molar refractivity (Wildman–Crippen MR) is 93.1 cm³/mol. The Morgan fingerprint density at radius 3 is 2.33 bits per heavy atom. The molecule has 0 amide bonds. The van der Waals surface area contributed by atoms with Gasteiger partial charge >= 0.3 is 5.97 Å². The van der Waals surface area contributed by atoms with Crippen LogP contribution >= 0.6 is 11.3 Å². The van der Waals surface area contributed by atoms with Crippen LogP contribution in [0.4, 0.5) is 0 Å². The maximum atomic E-state index is 12.6. The normalized spacial score (nSPS) is 10.6. The average molecular weight is 342 g/mol. The van der Waals surface area contributed by atoms with E-state index in [1.165, 1.54) is 7.11 Å². The Hall–Kier alpha value is -2.86. The second-order valence-electron chi connectivity index (χ2n) is 5.04. The second-order valence-corrected chi connectivity index (χ2v) is 6.07. The summed E-state index contributed by atoms with van der Waals surface area (Å²) in [6.45, 7) is 0. The smallest absolute Gasteiger partial charge is 0.346 e. The maximum Gasteiger partial charge on any atom is 0.346 e. The number of esters is 1. The number of carbonyl (C=O) groups excluding carboxylic acids is 1. The van der Waals surface area contributed by atoms with Crippen molar-refractivity contribution < 1.29 is 19.4 Å². The fourth-order valence-corrected chi connectivity index (χ4v) is 3.31. The van der Waals surface area contributed by atoms with Gasteiger partial charge in [-0.1, -0.05) is 29.5 Å². The highest BCUT2D eigenvalue weighted by Gasteiger charge is 2.20. The van der Waals surface area contributed by atoms with Crippen molar-refractivity contribution in [2.75, 3.05) is 14.2 Å².